The number of hydrogen-bond donors (Lipinski definition) is 0. The molecule has 15 aromatic carbocycles. The molecular weight excluding hydrogens is 1180 g/mol. The highest BCUT2D eigenvalue weighted by molar-refractivity contribution is 8.00. The Labute approximate surface area is 571 Å². The lowest BCUT2D eigenvalue weighted by molar-refractivity contribution is 1.17. The van der Waals surface area contributed by atoms with Crippen LogP contribution in [0.1, 0.15) is 11.0 Å². The second-order valence-electron chi connectivity index (χ2n) is 24.9. The molecule has 4 nitrogen and oxygen atoms in total. The Balaban J connectivity index is 0.923. The molecule has 2 aliphatic rings. The Bertz CT molecular complexity index is 6550. The van der Waals surface area contributed by atoms with Gasteiger partial charge in [0.25, 0.3) is 0 Å². The number of anilines is 3. The lowest BCUT2D eigenvalue weighted by atomic mass is 9.34. The van der Waals surface area contributed by atoms with Gasteiger partial charge in [0.2, 0.25) is 6.71 Å². The first-order chi connectivity index (χ1) is 51.0. The summed E-state index contributed by atoms with van der Waals surface area (Å²) in [5, 5.41) is 4.49. The Morgan fingerprint density at radius 3 is 1.46 bits per heavy atom. The molecule has 6 heteroatoms. The van der Waals surface area contributed by atoms with Crippen LogP contribution in [0, 0.1) is 0 Å². The maximum absolute atomic E-state index is 9.76. The predicted molar refractivity (Wildman–Crippen MR) is 407 cm³/mol. The third-order valence-electron chi connectivity index (χ3n) is 19.7. The van der Waals surface area contributed by atoms with E-state index in [-0.39, 0.29) is 46.0 Å². The van der Waals surface area contributed by atoms with Crippen LogP contribution in [0.15, 0.2) is 355 Å². The zero-order chi connectivity index (χ0) is 69.9. The van der Waals surface area contributed by atoms with Crippen LogP contribution in [0.25, 0.3) is 138 Å². The zero-order valence-electron chi connectivity index (χ0n) is 59.6. The van der Waals surface area contributed by atoms with Crippen molar-refractivity contribution in [3.8, 4) is 72.7 Å². The molecule has 20 rings (SSSR count). The van der Waals surface area contributed by atoms with E-state index in [1.54, 1.807) is 4.57 Å². The van der Waals surface area contributed by atoms with E-state index in [0.717, 1.165) is 154 Å². The summed E-state index contributed by atoms with van der Waals surface area (Å²) in [4.78, 5) is 4.62. The quantitative estimate of drug-likeness (QED) is 0.134. The van der Waals surface area contributed by atoms with Gasteiger partial charge in [0.05, 0.1) is 49.8 Å². The van der Waals surface area contributed by atoms with Gasteiger partial charge in [-0.2, -0.15) is 0 Å². The van der Waals surface area contributed by atoms with Crippen molar-refractivity contribution in [2.45, 2.75) is 9.79 Å². The van der Waals surface area contributed by atoms with Crippen LogP contribution in [0.3, 0.4) is 0 Å². The molecule has 0 atom stereocenters. The standard InChI is InChI=1S/C90H57BN4S/c1-6-24-58(25-7-1)62-32-22-35-67(52-62)93-80-43-21-18-38-73(80)74-53-64(45-49-81(74)93)65-55-85-88-86(56-65)96-90-77(48-51-83-87(90)75-54-63(59-26-8-2-9-27-59)44-50-82(75)92(83)66-33-14-5-15-34-66)91(88)76-47-46-68(94-78-41-19-16-36-71(78)72-37-17-20-42-79(72)94)57-84(76)95(85)89-69(60-28-10-3-11-29-60)39-23-40-70(89)61-30-12-4-13-31-61/h1-57H/i16D,17D,19D,20D,36D,37D,41D,42D. The van der Waals surface area contributed by atoms with Crippen LogP contribution >= 0.6 is 11.8 Å². The highest BCUT2D eigenvalue weighted by atomic mass is 32.2. The molecule has 96 heavy (non-hydrogen) atoms. The highest BCUT2D eigenvalue weighted by Crippen LogP contribution is 2.53. The van der Waals surface area contributed by atoms with E-state index in [1.165, 1.54) is 0 Å². The highest BCUT2D eigenvalue weighted by Gasteiger charge is 2.44. The molecule has 2 aliphatic heterocycles. The maximum Gasteiger partial charge on any atom is 0.249 e. The topological polar surface area (TPSA) is 18.0 Å². The number of aromatic nitrogens is 3. The second-order valence-corrected chi connectivity index (χ2v) is 25.9. The van der Waals surface area contributed by atoms with Crippen molar-refractivity contribution >= 4 is 117 Å². The van der Waals surface area contributed by atoms with Crippen molar-refractivity contribution in [3.63, 3.8) is 0 Å². The molecular formula is C90H57BN4S. The van der Waals surface area contributed by atoms with Gasteiger partial charge in [0.15, 0.2) is 0 Å². The van der Waals surface area contributed by atoms with Crippen LogP contribution < -0.4 is 21.3 Å². The number of para-hydroxylation sites is 5. The lowest BCUT2D eigenvalue weighted by Crippen LogP contribution is -2.60. The SMILES string of the molecule is [2H]c1c([2H])c([2H])c2c(c1[2H])c1c([2H])c([2H])c([2H])c([2H])c1n2-c1ccc2c(c1)N(c1c(-c3ccccc3)cccc1-c1ccccc1)c1cc(-c3ccc4c(c3)c3ccccc3n4-c3cccc(-c4ccccc4)c3)cc3c1B2c1ccc2c(c1S3)c1cc(-c3ccccc3)ccc1n2-c1ccccc1. The van der Waals surface area contributed by atoms with Gasteiger partial charge in [0.1, 0.15) is 0 Å². The molecule has 0 radical (unpaired) electrons. The van der Waals surface area contributed by atoms with Crippen molar-refractivity contribution in [2.75, 3.05) is 4.90 Å². The van der Waals surface area contributed by atoms with E-state index >= 15 is 0 Å². The first kappa shape index (κ1) is 46.9. The van der Waals surface area contributed by atoms with Gasteiger partial charge in [-0.05, 0) is 152 Å². The normalized spacial score (nSPS) is 13.7. The van der Waals surface area contributed by atoms with Crippen LogP contribution in [0.4, 0.5) is 17.1 Å². The summed E-state index contributed by atoms with van der Waals surface area (Å²) in [6.45, 7) is -0.411. The molecule has 446 valence electrons. The Hall–Kier alpha value is -12.1. The van der Waals surface area contributed by atoms with E-state index in [1.807, 2.05) is 36.0 Å². The van der Waals surface area contributed by atoms with Crippen molar-refractivity contribution < 1.29 is 11.0 Å². The predicted octanol–water partition coefficient (Wildman–Crippen LogP) is 22.1. The van der Waals surface area contributed by atoms with Gasteiger partial charge in [0, 0.05) is 81.7 Å². The van der Waals surface area contributed by atoms with Gasteiger partial charge >= 0.3 is 0 Å². The summed E-state index contributed by atoms with van der Waals surface area (Å²) >= 11 is 1.82. The average Bonchev–Trinajstić information content (AvgIpc) is 1.26. The Morgan fingerprint density at radius 2 is 0.781 bits per heavy atom. The molecule has 3 aromatic heterocycles. The number of hydrogen-bond acceptors (Lipinski definition) is 2. The fourth-order valence-corrected chi connectivity index (χ4v) is 16.9. The molecule has 0 unspecified atom stereocenters. The van der Waals surface area contributed by atoms with Gasteiger partial charge in [-0.1, -0.05) is 266 Å². The van der Waals surface area contributed by atoms with E-state index in [0.29, 0.717) is 5.69 Å². The smallest absolute Gasteiger partial charge is 0.249 e. The minimum Gasteiger partial charge on any atom is -0.310 e. The van der Waals surface area contributed by atoms with E-state index in [2.05, 4.69) is 287 Å². The van der Waals surface area contributed by atoms with Gasteiger partial charge in [-0.25, -0.2) is 0 Å². The van der Waals surface area contributed by atoms with Crippen LogP contribution in [-0.4, -0.2) is 20.4 Å². The summed E-state index contributed by atoms with van der Waals surface area (Å²) in [7, 11) is 0. The fraction of sp³-hybridized carbons (Fsp3) is 0. The van der Waals surface area contributed by atoms with Crippen molar-refractivity contribution in [2.24, 2.45) is 0 Å². The van der Waals surface area contributed by atoms with Crippen LogP contribution in [0.2, 0.25) is 0 Å². The minimum atomic E-state index is -0.496. The summed E-state index contributed by atoms with van der Waals surface area (Å²) in [5.74, 6) is 0. The summed E-state index contributed by atoms with van der Waals surface area (Å²) < 4.78 is 81.4. The molecule has 5 heterocycles. The third-order valence-corrected chi connectivity index (χ3v) is 20.9. The maximum atomic E-state index is 9.76. The molecule has 0 amide bonds. The molecule has 0 bridgehead atoms. The summed E-state index contributed by atoms with van der Waals surface area (Å²) in [6.07, 6.45) is 0. The third kappa shape index (κ3) is 8.38. The summed E-state index contributed by atoms with van der Waals surface area (Å²) in [5.41, 5.74) is 23.1. The minimum absolute atomic E-state index is 0.0149. The number of rotatable bonds is 9. The lowest BCUT2D eigenvalue weighted by Gasteiger charge is -2.42. The monoisotopic (exact) mass is 1240 g/mol. The number of benzene rings is 15. The molecule has 0 fully saturated rings. The van der Waals surface area contributed by atoms with Crippen LogP contribution in [-0.2, 0) is 0 Å². The first-order valence-corrected chi connectivity index (χ1v) is 33.2. The molecule has 0 N–H and O–H groups in total. The van der Waals surface area contributed by atoms with Gasteiger partial charge < -0.3 is 18.6 Å². The van der Waals surface area contributed by atoms with Crippen molar-refractivity contribution in [3.05, 3.63) is 346 Å². The van der Waals surface area contributed by atoms with E-state index < -0.39 is 30.9 Å². The van der Waals surface area contributed by atoms with Crippen molar-refractivity contribution in [1.29, 1.82) is 0 Å². The first-order valence-electron chi connectivity index (χ1n) is 36.4. The Morgan fingerprint density at radius 1 is 0.292 bits per heavy atom. The van der Waals surface area contributed by atoms with Crippen LogP contribution in [0.5, 0.6) is 0 Å². The molecule has 0 saturated heterocycles. The van der Waals surface area contributed by atoms with Gasteiger partial charge in [-0.3, -0.25) is 0 Å². The fourth-order valence-electron chi connectivity index (χ4n) is 15.6. The summed E-state index contributed by atoms with van der Waals surface area (Å²) in [6, 6.07) is 102. The second kappa shape index (κ2) is 21.8. The zero-order valence-corrected chi connectivity index (χ0v) is 52.4. The van der Waals surface area contributed by atoms with E-state index in [4.69, 9.17) is 2.74 Å². The van der Waals surface area contributed by atoms with Gasteiger partial charge in [-0.15, -0.1) is 0 Å². The number of nitrogens with zero attached hydrogens (tertiary/aromatic N) is 4. The molecule has 0 spiro atoms. The molecule has 0 saturated carbocycles. The average molecular weight is 1250 g/mol. The number of fused-ring (bicyclic) bond motifs is 14. The molecule has 18 aromatic rings. The largest absolute Gasteiger partial charge is 0.310 e. The van der Waals surface area contributed by atoms with E-state index in [9.17, 15) is 8.22 Å². The van der Waals surface area contributed by atoms with Crippen molar-refractivity contribution in [1.82, 2.24) is 13.7 Å². The molecule has 0 aliphatic carbocycles. The Kier molecular flexibility index (Phi) is 10.6.